The molecule has 0 spiro atoms. The predicted molar refractivity (Wildman–Crippen MR) is 98.6 cm³/mol. The maximum Gasteiger partial charge on any atom is 0.330 e. The van der Waals surface area contributed by atoms with Crippen molar-refractivity contribution in [3.05, 3.63) is 25.3 Å². The minimum Gasteiger partial charge on any atom is -0.756 e. The zero-order chi connectivity index (χ0) is 20.7. The van der Waals surface area contributed by atoms with Gasteiger partial charge < -0.3 is 39.0 Å². The minimum atomic E-state index is -4.48. The first-order chi connectivity index (χ1) is 12.7. The standard InChI is InChI=1S/C16H27O10P.H3N/c1-5-15(17)25-13(3)11-21-7-9-23-27(19,20)24-10-8-22-12-14(4)26-16(18)6-2;/h5-6,13-14H,1-2,7-12H2,3-4H3,(H,19,20);1H3. The summed E-state index contributed by atoms with van der Waals surface area (Å²) in [4.78, 5) is 33.4. The molecule has 2 unspecified atom stereocenters. The van der Waals surface area contributed by atoms with Gasteiger partial charge >= 0.3 is 11.9 Å². The average molecular weight is 427 g/mol. The van der Waals surface area contributed by atoms with Crippen LogP contribution in [0.15, 0.2) is 25.3 Å². The Balaban J connectivity index is 0. The molecule has 28 heavy (non-hydrogen) atoms. The fourth-order valence-electron chi connectivity index (χ4n) is 1.51. The third-order valence-corrected chi connectivity index (χ3v) is 3.62. The predicted octanol–water partition coefficient (Wildman–Crippen LogP) is 1.13. The van der Waals surface area contributed by atoms with Crippen LogP contribution in [0.4, 0.5) is 0 Å². The molecule has 0 aromatic heterocycles. The van der Waals surface area contributed by atoms with E-state index in [9.17, 15) is 19.0 Å². The van der Waals surface area contributed by atoms with Crippen LogP contribution < -0.4 is 11.0 Å². The lowest BCUT2D eigenvalue weighted by Gasteiger charge is -2.23. The summed E-state index contributed by atoms with van der Waals surface area (Å²) in [5, 5.41) is 0. The molecular formula is C16H30NO10P. The van der Waals surface area contributed by atoms with Crippen molar-refractivity contribution in [2.45, 2.75) is 26.1 Å². The summed E-state index contributed by atoms with van der Waals surface area (Å²) in [6, 6.07) is 0. The van der Waals surface area contributed by atoms with Crippen LogP contribution in [0.5, 0.6) is 0 Å². The van der Waals surface area contributed by atoms with Crippen LogP contribution in [0.3, 0.4) is 0 Å². The lowest BCUT2D eigenvalue weighted by Crippen LogP contribution is -2.21. The molecule has 0 aromatic rings. The molecule has 11 nitrogen and oxygen atoms in total. The van der Waals surface area contributed by atoms with Gasteiger partial charge in [0.2, 0.25) is 0 Å². The van der Waals surface area contributed by atoms with Crippen molar-refractivity contribution < 1.29 is 47.0 Å². The first-order valence-corrected chi connectivity index (χ1v) is 9.58. The first-order valence-electron chi connectivity index (χ1n) is 8.12. The second-order valence-corrected chi connectivity index (χ2v) is 6.58. The van der Waals surface area contributed by atoms with E-state index in [1.165, 1.54) is 0 Å². The summed E-state index contributed by atoms with van der Waals surface area (Å²) in [5.74, 6) is -1.15. The highest BCUT2D eigenvalue weighted by Crippen LogP contribution is 2.37. The van der Waals surface area contributed by atoms with E-state index in [2.05, 4.69) is 22.2 Å². The van der Waals surface area contributed by atoms with E-state index in [0.29, 0.717) is 0 Å². The van der Waals surface area contributed by atoms with Crippen LogP contribution in [0.2, 0.25) is 0 Å². The van der Waals surface area contributed by atoms with Gasteiger partial charge in [0.25, 0.3) is 7.82 Å². The Hall–Kier alpha value is -1.59. The van der Waals surface area contributed by atoms with Gasteiger partial charge in [0.1, 0.15) is 12.2 Å². The van der Waals surface area contributed by atoms with Crippen molar-refractivity contribution in [3.63, 3.8) is 0 Å². The van der Waals surface area contributed by atoms with E-state index < -0.39 is 32.0 Å². The fraction of sp³-hybridized carbons (Fsp3) is 0.625. The van der Waals surface area contributed by atoms with Gasteiger partial charge in [0, 0.05) is 12.2 Å². The van der Waals surface area contributed by atoms with Crippen molar-refractivity contribution in [2.75, 3.05) is 39.6 Å². The maximum atomic E-state index is 11.5. The third kappa shape index (κ3) is 16.6. The van der Waals surface area contributed by atoms with Crippen molar-refractivity contribution in [3.8, 4) is 0 Å². The Morgan fingerprint density at radius 3 is 1.57 bits per heavy atom. The molecule has 0 aliphatic rings. The molecule has 4 N–H and O–H groups in total. The van der Waals surface area contributed by atoms with Gasteiger partial charge in [-0.25, -0.2) is 9.59 Å². The molecule has 0 aliphatic heterocycles. The molecule has 0 amide bonds. The third-order valence-electron chi connectivity index (χ3n) is 2.63. The summed E-state index contributed by atoms with van der Waals surface area (Å²) in [6.45, 7) is 9.34. The molecule has 164 valence electrons. The van der Waals surface area contributed by atoms with E-state index >= 15 is 0 Å². The highest BCUT2D eigenvalue weighted by molar-refractivity contribution is 7.45. The first kappa shape index (κ1) is 28.6. The van der Waals surface area contributed by atoms with Gasteiger partial charge in [0.15, 0.2) is 0 Å². The lowest BCUT2D eigenvalue weighted by molar-refractivity contribution is -0.227. The van der Waals surface area contributed by atoms with E-state index in [4.69, 9.17) is 18.9 Å². The normalized spacial score (nSPS) is 14.7. The second kappa shape index (κ2) is 16.4. The van der Waals surface area contributed by atoms with Gasteiger partial charge in [-0.2, -0.15) is 0 Å². The summed E-state index contributed by atoms with van der Waals surface area (Å²) in [5.41, 5.74) is 0. The molecule has 0 fully saturated rings. The molecule has 0 bridgehead atoms. The van der Waals surface area contributed by atoms with Crippen molar-refractivity contribution in [2.24, 2.45) is 0 Å². The van der Waals surface area contributed by atoms with Crippen LogP contribution in [0, 0.1) is 0 Å². The van der Waals surface area contributed by atoms with Crippen molar-refractivity contribution in [1.82, 2.24) is 6.15 Å². The van der Waals surface area contributed by atoms with Gasteiger partial charge in [-0.3, -0.25) is 4.57 Å². The molecule has 2 atom stereocenters. The molecule has 0 rings (SSSR count). The van der Waals surface area contributed by atoms with Crippen LogP contribution in [-0.4, -0.2) is 63.8 Å². The minimum absolute atomic E-state index is 0. The Kier molecular flexibility index (Phi) is 16.7. The molecular weight excluding hydrogens is 397 g/mol. The topological polar surface area (TPSA) is 166 Å². The number of carbonyl (C=O) groups is 2. The number of ether oxygens (including phenoxy) is 4. The monoisotopic (exact) mass is 427 g/mol. The van der Waals surface area contributed by atoms with Gasteiger partial charge in [-0.1, -0.05) is 13.2 Å². The molecule has 0 saturated carbocycles. The largest absolute Gasteiger partial charge is 0.756 e. The average Bonchev–Trinajstić information content (AvgIpc) is 2.60. The SMILES string of the molecule is C=CC(=O)OC(C)COCCOP(=O)([O-])OCCOCC(C)OC(=O)C=C.[NH4+]. The number of carbonyl (C=O) groups excluding carboxylic acids is 2. The highest BCUT2D eigenvalue weighted by atomic mass is 31.2. The number of phosphoric ester groups is 1. The maximum absolute atomic E-state index is 11.5. The Morgan fingerprint density at radius 1 is 0.893 bits per heavy atom. The molecule has 0 saturated heterocycles. The smallest absolute Gasteiger partial charge is 0.330 e. The van der Waals surface area contributed by atoms with Crippen molar-refractivity contribution >= 4 is 19.8 Å². The summed E-state index contributed by atoms with van der Waals surface area (Å²) in [6.07, 6.45) is 1.05. The van der Waals surface area contributed by atoms with Crippen molar-refractivity contribution in [1.29, 1.82) is 0 Å². The van der Waals surface area contributed by atoms with Crippen LogP contribution in [0.25, 0.3) is 0 Å². The zero-order valence-corrected chi connectivity index (χ0v) is 17.4. The number of esters is 2. The van der Waals surface area contributed by atoms with Gasteiger partial charge in [-0.05, 0) is 13.8 Å². The zero-order valence-electron chi connectivity index (χ0n) is 16.5. The van der Waals surface area contributed by atoms with Gasteiger partial charge in [0.05, 0.1) is 39.6 Å². The number of rotatable bonds is 16. The van der Waals surface area contributed by atoms with E-state index in [0.717, 1.165) is 12.2 Å². The highest BCUT2D eigenvalue weighted by Gasteiger charge is 2.11. The Morgan fingerprint density at radius 2 is 1.25 bits per heavy atom. The molecule has 0 heterocycles. The number of hydrogen-bond acceptors (Lipinski definition) is 10. The second-order valence-electron chi connectivity index (χ2n) is 5.17. The quantitative estimate of drug-likeness (QED) is 0.163. The molecule has 12 heteroatoms. The van der Waals surface area contributed by atoms with E-state index in [1.54, 1.807) is 13.8 Å². The lowest BCUT2D eigenvalue weighted by atomic mass is 10.4. The molecule has 0 aromatic carbocycles. The Bertz CT molecular complexity index is 486. The summed E-state index contributed by atoms with van der Waals surface area (Å²) in [7, 11) is -4.48. The number of quaternary nitrogens is 1. The number of phosphoric acid groups is 1. The fourth-order valence-corrected chi connectivity index (χ4v) is 2.18. The number of hydrogen-bond donors (Lipinski definition) is 1. The van der Waals surface area contributed by atoms with Crippen LogP contribution in [0.1, 0.15) is 13.8 Å². The Labute approximate surface area is 164 Å². The summed E-state index contributed by atoms with van der Waals surface area (Å²) < 4.78 is 40.7. The van der Waals surface area contributed by atoms with Gasteiger partial charge in [-0.15, -0.1) is 0 Å². The summed E-state index contributed by atoms with van der Waals surface area (Å²) >= 11 is 0. The van der Waals surface area contributed by atoms with Crippen LogP contribution >= 0.6 is 7.82 Å². The molecule has 0 radical (unpaired) electrons. The van der Waals surface area contributed by atoms with E-state index in [-0.39, 0.29) is 45.8 Å². The van der Waals surface area contributed by atoms with Crippen LogP contribution in [-0.2, 0) is 42.1 Å². The molecule has 0 aliphatic carbocycles. The van der Waals surface area contributed by atoms with E-state index in [1.807, 2.05) is 0 Å².